The molecule has 0 saturated carbocycles. The summed E-state index contributed by atoms with van der Waals surface area (Å²) in [4.78, 5) is 32.6. The van der Waals surface area contributed by atoms with E-state index >= 15 is 0 Å². The molecule has 2 aromatic carbocycles. The molecular weight excluding hydrogens is 544 g/mol. The van der Waals surface area contributed by atoms with E-state index in [1.807, 2.05) is 11.0 Å². The lowest BCUT2D eigenvalue weighted by Gasteiger charge is -2.29. The number of benzene rings is 2. The van der Waals surface area contributed by atoms with Crippen molar-refractivity contribution in [3.8, 4) is 0 Å². The Hall–Kier alpha value is -3.21. The molecular formula is C30H36N4O4S2. The summed E-state index contributed by atoms with van der Waals surface area (Å²) < 4.78 is 27.5. The predicted molar refractivity (Wildman–Crippen MR) is 160 cm³/mol. The molecule has 2 aliphatic rings. The number of amides is 2. The number of carbonyl (C=O) groups excluding carboxylic acids is 2. The summed E-state index contributed by atoms with van der Waals surface area (Å²) in [6, 6.07) is 14.8. The van der Waals surface area contributed by atoms with Crippen molar-refractivity contribution in [3.05, 3.63) is 76.2 Å². The highest BCUT2D eigenvalue weighted by molar-refractivity contribution is 7.92. The van der Waals surface area contributed by atoms with Crippen molar-refractivity contribution in [2.45, 2.75) is 50.5 Å². The predicted octanol–water partition coefficient (Wildman–Crippen LogP) is 5.22. The molecule has 1 saturated heterocycles. The van der Waals surface area contributed by atoms with Gasteiger partial charge in [0.05, 0.1) is 16.1 Å². The van der Waals surface area contributed by atoms with Gasteiger partial charge in [0.25, 0.3) is 21.8 Å². The molecule has 1 fully saturated rings. The first-order valence-electron chi connectivity index (χ1n) is 13.9. The number of piperidine rings is 1. The van der Waals surface area contributed by atoms with Crippen LogP contribution in [0.4, 0.5) is 10.7 Å². The van der Waals surface area contributed by atoms with Crippen LogP contribution in [0.15, 0.2) is 59.5 Å². The van der Waals surface area contributed by atoms with Gasteiger partial charge in [-0.3, -0.25) is 18.8 Å². The maximum Gasteiger partial charge on any atom is 0.264 e. The first-order valence-corrected chi connectivity index (χ1v) is 16.2. The fourth-order valence-electron chi connectivity index (χ4n) is 5.42. The quantitative estimate of drug-likeness (QED) is 0.395. The minimum absolute atomic E-state index is 0.00170. The number of thiophene rings is 1. The van der Waals surface area contributed by atoms with Gasteiger partial charge in [-0.05, 0) is 80.6 Å². The Kier molecular flexibility index (Phi) is 8.58. The highest BCUT2D eigenvalue weighted by atomic mass is 32.2. The highest BCUT2D eigenvalue weighted by Crippen LogP contribution is 2.38. The molecule has 1 N–H and O–H groups in total. The molecule has 0 unspecified atom stereocenters. The van der Waals surface area contributed by atoms with Crippen molar-refractivity contribution in [1.29, 1.82) is 0 Å². The molecule has 2 amide bonds. The van der Waals surface area contributed by atoms with Gasteiger partial charge in [0, 0.05) is 43.7 Å². The number of nitrogens with zero attached hydrogens (tertiary/aromatic N) is 3. The number of hydrogen-bond acceptors (Lipinski definition) is 6. The number of carbonyl (C=O) groups is 2. The second kappa shape index (κ2) is 12.1. The Morgan fingerprint density at radius 1 is 0.975 bits per heavy atom. The number of nitrogens with one attached hydrogen (secondary N) is 1. The Morgan fingerprint density at radius 3 is 2.35 bits per heavy atom. The third-order valence-corrected chi connectivity index (χ3v) is 10.6. The van der Waals surface area contributed by atoms with E-state index in [1.54, 1.807) is 24.3 Å². The molecule has 10 heteroatoms. The zero-order valence-electron chi connectivity index (χ0n) is 23.1. The van der Waals surface area contributed by atoms with E-state index in [0.29, 0.717) is 21.8 Å². The van der Waals surface area contributed by atoms with Crippen LogP contribution < -0.4 is 9.62 Å². The largest absolute Gasteiger partial charge is 0.339 e. The number of sulfonamides is 1. The molecule has 0 radical (unpaired) electrons. The summed E-state index contributed by atoms with van der Waals surface area (Å²) in [5.74, 6) is -0.362. The monoisotopic (exact) mass is 580 g/mol. The Balaban J connectivity index is 1.39. The maximum atomic E-state index is 13.7. The number of rotatable bonds is 8. The molecule has 3 heterocycles. The van der Waals surface area contributed by atoms with Crippen LogP contribution in [0, 0.1) is 0 Å². The Bertz CT molecular complexity index is 1460. The minimum atomic E-state index is -3.79. The Morgan fingerprint density at radius 2 is 1.68 bits per heavy atom. The Labute approximate surface area is 240 Å². The molecule has 8 nitrogen and oxygen atoms in total. The molecule has 0 aliphatic carbocycles. The van der Waals surface area contributed by atoms with Gasteiger partial charge < -0.3 is 10.2 Å². The van der Waals surface area contributed by atoms with Gasteiger partial charge in [-0.2, -0.15) is 0 Å². The second-order valence-electron chi connectivity index (χ2n) is 10.4. The molecule has 40 heavy (non-hydrogen) atoms. The fourth-order valence-corrected chi connectivity index (χ4v) is 7.89. The van der Waals surface area contributed by atoms with E-state index in [2.05, 4.69) is 17.1 Å². The summed E-state index contributed by atoms with van der Waals surface area (Å²) in [5, 5.41) is 3.60. The van der Waals surface area contributed by atoms with Gasteiger partial charge in [-0.1, -0.05) is 25.1 Å². The highest BCUT2D eigenvalue weighted by Gasteiger charge is 2.31. The molecule has 0 atom stereocenters. The van der Waals surface area contributed by atoms with Gasteiger partial charge in [-0.15, -0.1) is 11.3 Å². The summed E-state index contributed by atoms with van der Waals surface area (Å²) in [6.45, 7) is 6.34. The molecule has 212 valence electrons. The number of likely N-dealkylation sites (tertiary alicyclic amines) is 1. The van der Waals surface area contributed by atoms with Gasteiger partial charge in [0.2, 0.25) is 0 Å². The summed E-state index contributed by atoms with van der Waals surface area (Å²) in [5.41, 5.74) is 2.58. The lowest BCUT2D eigenvalue weighted by Crippen LogP contribution is -2.37. The molecule has 0 bridgehead atoms. The van der Waals surface area contributed by atoms with E-state index < -0.39 is 10.0 Å². The molecule has 0 spiro atoms. The van der Waals surface area contributed by atoms with E-state index in [1.165, 1.54) is 47.0 Å². The summed E-state index contributed by atoms with van der Waals surface area (Å²) in [6.07, 6.45) is 4.99. The third-order valence-electron chi connectivity index (χ3n) is 7.65. The van der Waals surface area contributed by atoms with Crippen LogP contribution in [0.2, 0.25) is 0 Å². The van der Waals surface area contributed by atoms with Crippen molar-refractivity contribution in [3.63, 3.8) is 0 Å². The smallest absolute Gasteiger partial charge is 0.264 e. The normalized spacial score (nSPS) is 15.9. The van der Waals surface area contributed by atoms with Crippen LogP contribution in [0.5, 0.6) is 0 Å². The van der Waals surface area contributed by atoms with Crippen LogP contribution in [0.25, 0.3) is 0 Å². The number of hydrogen-bond donors (Lipinski definition) is 1. The lowest BCUT2D eigenvalue weighted by atomic mass is 10.0. The van der Waals surface area contributed by atoms with Gasteiger partial charge in [0.15, 0.2) is 0 Å². The lowest BCUT2D eigenvalue weighted by molar-refractivity contribution is 0.0724. The van der Waals surface area contributed by atoms with Crippen molar-refractivity contribution in [1.82, 2.24) is 9.80 Å². The topological polar surface area (TPSA) is 90.0 Å². The zero-order valence-corrected chi connectivity index (χ0v) is 24.7. The van der Waals surface area contributed by atoms with Crippen molar-refractivity contribution < 1.29 is 18.0 Å². The van der Waals surface area contributed by atoms with Crippen LogP contribution in [-0.2, 0) is 23.0 Å². The first kappa shape index (κ1) is 28.3. The standard InChI is InChI=1S/C30H36N4O4S2/c1-3-17-33-20-16-25-26(21-33)39-29(27(25)30(36)34-18-8-5-9-19-34)31-28(35)22-12-14-24(15-13-22)40(37,38)32(2)23-10-6-4-7-11-23/h4,6-7,10-15H,3,5,8-9,16-21H2,1-2H3,(H,31,35). The number of anilines is 2. The first-order chi connectivity index (χ1) is 19.3. The van der Waals surface area contributed by atoms with E-state index in [4.69, 9.17) is 0 Å². The van der Waals surface area contributed by atoms with Crippen LogP contribution >= 0.6 is 11.3 Å². The van der Waals surface area contributed by atoms with Crippen LogP contribution in [-0.4, -0.2) is 63.3 Å². The molecule has 5 rings (SSSR count). The van der Waals surface area contributed by atoms with Crippen molar-refractivity contribution in [2.24, 2.45) is 0 Å². The van der Waals surface area contributed by atoms with Gasteiger partial charge in [-0.25, -0.2) is 8.42 Å². The fraction of sp³-hybridized carbons (Fsp3) is 0.400. The van der Waals surface area contributed by atoms with E-state index in [-0.39, 0.29) is 16.7 Å². The molecule has 3 aromatic rings. The van der Waals surface area contributed by atoms with Crippen LogP contribution in [0.3, 0.4) is 0 Å². The average molecular weight is 581 g/mol. The van der Waals surface area contributed by atoms with Gasteiger partial charge in [0.1, 0.15) is 5.00 Å². The summed E-state index contributed by atoms with van der Waals surface area (Å²) in [7, 11) is -2.28. The van der Waals surface area contributed by atoms with Gasteiger partial charge >= 0.3 is 0 Å². The average Bonchev–Trinajstić information content (AvgIpc) is 3.34. The maximum absolute atomic E-state index is 13.7. The van der Waals surface area contributed by atoms with Crippen molar-refractivity contribution >= 4 is 43.9 Å². The second-order valence-corrected chi connectivity index (χ2v) is 13.4. The molecule has 1 aromatic heterocycles. The number of fused-ring (bicyclic) bond motifs is 1. The number of para-hydroxylation sites is 1. The van der Waals surface area contributed by atoms with Crippen molar-refractivity contribution in [2.75, 3.05) is 42.8 Å². The van der Waals surface area contributed by atoms with Crippen LogP contribution in [0.1, 0.15) is 63.8 Å². The zero-order chi connectivity index (χ0) is 28.3. The SMILES string of the molecule is CCCN1CCc2c(sc(NC(=O)c3ccc(S(=O)(=O)N(C)c4ccccc4)cc3)c2C(=O)N2CCCCC2)C1. The van der Waals surface area contributed by atoms with E-state index in [9.17, 15) is 18.0 Å². The minimum Gasteiger partial charge on any atom is -0.339 e. The van der Waals surface area contributed by atoms with E-state index in [0.717, 1.165) is 75.3 Å². The molecule has 2 aliphatic heterocycles. The summed E-state index contributed by atoms with van der Waals surface area (Å²) >= 11 is 1.49. The third kappa shape index (κ3) is 5.80.